The highest BCUT2D eigenvalue weighted by atomic mass is 19.4. The molecule has 2 aromatic rings. The van der Waals surface area contributed by atoms with Gasteiger partial charge in [-0.2, -0.15) is 13.2 Å². The number of hydrogen-bond acceptors (Lipinski definition) is 2. The van der Waals surface area contributed by atoms with Gasteiger partial charge in [-0.15, -0.1) is 0 Å². The van der Waals surface area contributed by atoms with E-state index in [2.05, 4.69) is 0 Å². The Balaban J connectivity index is 1.90. The molecular formula is C16H17F3O2. The fraction of sp³-hybridized carbons (Fsp3) is 0.500. The molecule has 5 heteroatoms. The van der Waals surface area contributed by atoms with Gasteiger partial charge >= 0.3 is 6.18 Å². The second-order valence-corrected chi connectivity index (χ2v) is 5.73. The van der Waals surface area contributed by atoms with Gasteiger partial charge in [-0.1, -0.05) is 31.0 Å². The van der Waals surface area contributed by atoms with Gasteiger partial charge in [-0.25, -0.2) is 0 Å². The van der Waals surface area contributed by atoms with Crippen LogP contribution >= 0.6 is 0 Å². The second-order valence-electron chi connectivity index (χ2n) is 5.73. The number of alkyl halides is 3. The van der Waals surface area contributed by atoms with Crippen molar-refractivity contribution in [3.63, 3.8) is 0 Å². The number of furan rings is 1. The maximum Gasteiger partial charge on any atom is 0.392 e. The molecule has 0 bridgehead atoms. The minimum atomic E-state index is -4.27. The van der Waals surface area contributed by atoms with E-state index in [1.165, 1.54) is 0 Å². The summed E-state index contributed by atoms with van der Waals surface area (Å²) in [5.74, 6) is -2.04. The highest BCUT2D eigenvalue weighted by molar-refractivity contribution is 5.77. The Morgan fingerprint density at radius 2 is 1.86 bits per heavy atom. The summed E-state index contributed by atoms with van der Waals surface area (Å²) in [5, 5.41) is 11.2. The Morgan fingerprint density at radius 1 is 1.14 bits per heavy atom. The van der Waals surface area contributed by atoms with E-state index in [-0.39, 0.29) is 12.2 Å². The van der Waals surface area contributed by atoms with Gasteiger partial charge < -0.3 is 9.52 Å². The van der Waals surface area contributed by atoms with Crippen molar-refractivity contribution in [2.24, 2.45) is 11.8 Å². The quantitative estimate of drug-likeness (QED) is 0.861. The van der Waals surface area contributed by atoms with Crippen molar-refractivity contribution in [1.82, 2.24) is 0 Å². The Kier molecular flexibility index (Phi) is 3.69. The lowest BCUT2D eigenvalue weighted by Gasteiger charge is -2.35. The number of benzene rings is 1. The van der Waals surface area contributed by atoms with Crippen molar-refractivity contribution in [1.29, 1.82) is 0 Å². The van der Waals surface area contributed by atoms with Crippen LogP contribution in [0.3, 0.4) is 0 Å². The van der Waals surface area contributed by atoms with Crippen molar-refractivity contribution < 1.29 is 22.7 Å². The van der Waals surface area contributed by atoms with Gasteiger partial charge in [0.2, 0.25) is 0 Å². The average molecular weight is 298 g/mol. The summed E-state index contributed by atoms with van der Waals surface area (Å²) >= 11 is 0. The fourth-order valence-electron chi connectivity index (χ4n) is 3.30. The maximum atomic E-state index is 13.1. The number of aliphatic hydroxyl groups is 1. The number of halogens is 3. The zero-order chi connectivity index (χ0) is 15.0. The first-order chi connectivity index (χ1) is 9.97. The zero-order valence-corrected chi connectivity index (χ0v) is 11.4. The molecule has 0 amide bonds. The molecule has 0 radical (unpaired) electrons. The molecule has 3 rings (SSSR count). The molecule has 1 fully saturated rings. The van der Waals surface area contributed by atoms with Crippen LogP contribution in [0, 0.1) is 11.8 Å². The summed E-state index contributed by atoms with van der Waals surface area (Å²) in [5.41, 5.74) is 0.589. The molecule has 0 aliphatic heterocycles. The number of hydrogen-bond donors (Lipinski definition) is 1. The van der Waals surface area contributed by atoms with Crippen molar-refractivity contribution in [2.75, 3.05) is 0 Å². The summed E-state index contributed by atoms with van der Waals surface area (Å²) < 4.78 is 44.9. The van der Waals surface area contributed by atoms with E-state index in [0.29, 0.717) is 24.8 Å². The van der Waals surface area contributed by atoms with Gasteiger partial charge in [0.05, 0.1) is 5.92 Å². The summed E-state index contributed by atoms with van der Waals surface area (Å²) in [7, 11) is 0. The third-order valence-corrected chi connectivity index (χ3v) is 4.38. The number of fused-ring (bicyclic) bond motifs is 1. The lowest BCUT2D eigenvalue weighted by atomic mass is 9.75. The molecule has 1 aliphatic carbocycles. The largest absolute Gasteiger partial charge is 0.458 e. The van der Waals surface area contributed by atoms with Crippen molar-refractivity contribution in [3.8, 4) is 0 Å². The van der Waals surface area contributed by atoms with Crippen LogP contribution in [0.2, 0.25) is 0 Å². The van der Waals surface area contributed by atoms with Crippen LogP contribution < -0.4 is 0 Å². The van der Waals surface area contributed by atoms with Gasteiger partial charge in [0.1, 0.15) is 17.4 Å². The van der Waals surface area contributed by atoms with E-state index >= 15 is 0 Å². The van der Waals surface area contributed by atoms with Gasteiger partial charge in [0.15, 0.2) is 0 Å². The van der Waals surface area contributed by atoms with Gasteiger partial charge in [0, 0.05) is 11.3 Å². The molecule has 3 unspecified atom stereocenters. The van der Waals surface area contributed by atoms with Crippen LogP contribution in [0.5, 0.6) is 0 Å². The predicted octanol–water partition coefficient (Wildman–Crippen LogP) is 4.83. The SMILES string of the molecule is OC(c1cc2ccccc2o1)C1CCCCC1C(F)(F)F. The van der Waals surface area contributed by atoms with Crippen LogP contribution in [-0.4, -0.2) is 11.3 Å². The Hall–Kier alpha value is -1.49. The molecule has 3 atom stereocenters. The highest BCUT2D eigenvalue weighted by Gasteiger charge is 2.48. The first kappa shape index (κ1) is 14.4. The molecule has 1 aromatic carbocycles. The maximum absolute atomic E-state index is 13.1. The molecule has 1 heterocycles. The highest BCUT2D eigenvalue weighted by Crippen LogP contribution is 2.47. The van der Waals surface area contributed by atoms with Gasteiger partial charge in [-0.05, 0) is 25.0 Å². The van der Waals surface area contributed by atoms with Crippen LogP contribution in [0.1, 0.15) is 37.5 Å². The van der Waals surface area contributed by atoms with E-state index in [0.717, 1.165) is 5.39 Å². The third-order valence-electron chi connectivity index (χ3n) is 4.38. The fourth-order valence-corrected chi connectivity index (χ4v) is 3.30. The first-order valence-corrected chi connectivity index (χ1v) is 7.20. The monoisotopic (exact) mass is 298 g/mol. The lowest BCUT2D eigenvalue weighted by Crippen LogP contribution is -2.36. The third kappa shape index (κ3) is 2.79. The minimum Gasteiger partial charge on any atom is -0.458 e. The molecule has 1 aliphatic rings. The normalized spacial score (nSPS) is 25.1. The molecule has 1 aromatic heterocycles. The van der Waals surface area contributed by atoms with Gasteiger partial charge in [-0.3, -0.25) is 0 Å². The number of aliphatic hydroxyl groups excluding tert-OH is 1. The predicted molar refractivity (Wildman–Crippen MR) is 72.7 cm³/mol. The Bertz CT molecular complexity index is 584. The Labute approximate surface area is 120 Å². The molecule has 0 saturated heterocycles. The van der Waals surface area contributed by atoms with Crippen LogP contribution in [0.25, 0.3) is 11.0 Å². The Morgan fingerprint density at radius 3 is 2.57 bits per heavy atom. The topological polar surface area (TPSA) is 33.4 Å². The minimum absolute atomic E-state index is 0.0887. The summed E-state index contributed by atoms with van der Waals surface area (Å²) in [4.78, 5) is 0. The summed E-state index contributed by atoms with van der Waals surface area (Å²) in [6, 6.07) is 8.82. The molecular weight excluding hydrogens is 281 g/mol. The summed E-state index contributed by atoms with van der Waals surface area (Å²) in [6.45, 7) is 0. The smallest absolute Gasteiger partial charge is 0.392 e. The van der Waals surface area contributed by atoms with E-state index in [9.17, 15) is 18.3 Å². The molecule has 1 saturated carbocycles. The molecule has 21 heavy (non-hydrogen) atoms. The molecule has 1 N–H and O–H groups in total. The van der Waals surface area contributed by atoms with Gasteiger partial charge in [0.25, 0.3) is 0 Å². The van der Waals surface area contributed by atoms with Crippen LogP contribution in [-0.2, 0) is 0 Å². The van der Waals surface area contributed by atoms with Crippen molar-refractivity contribution in [2.45, 2.75) is 38.0 Å². The van der Waals surface area contributed by atoms with Crippen molar-refractivity contribution >= 4 is 11.0 Å². The zero-order valence-electron chi connectivity index (χ0n) is 11.4. The lowest BCUT2D eigenvalue weighted by molar-refractivity contribution is -0.208. The first-order valence-electron chi connectivity index (χ1n) is 7.20. The van der Waals surface area contributed by atoms with E-state index in [1.54, 1.807) is 18.2 Å². The van der Waals surface area contributed by atoms with Crippen LogP contribution in [0.15, 0.2) is 34.7 Å². The summed E-state index contributed by atoms with van der Waals surface area (Å²) in [6.07, 6.45) is -3.72. The van der Waals surface area contributed by atoms with E-state index in [4.69, 9.17) is 4.42 Å². The number of rotatable bonds is 2. The van der Waals surface area contributed by atoms with E-state index < -0.39 is 24.1 Å². The molecule has 114 valence electrons. The van der Waals surface area contributed by atoms with Crippen molar-refractivity contribution in [3.05, 3.63) is 36.1 Å². The van der Waals surface area contributed by atoms with E-state index in [1.807, 2.05) is 12.1 Å². The second kappa shape index (κ2) is 5.37. The average Bonchev–Trinajstić information content (AvgIpc) is 2.89. The number of para-hydroxylation sites is 1. The standard InChI is InChI=1S/C16H17F3O2/c17-16(18,19)12-7-3-2-6-11(12)15(20)14-9-10-5-1-4-8-13(10)21-14/h1,4-5,8-9,11-12,15,20H,2-3,6-7H2. The van der Waals surface area contributed by atoms with Crippen LogP contribution in [0.4, 0.5) is 13.2 Å². The molecule has 2 nitrogen and oxygen atoms in total. The molecule has 0 spiro atoms.